The quantitative estimate of drug-likeness (QED) is 0.760. The number of nitrogens with one attached hydrogen (secondary N) is 1. The molecule has 0 aliphatic heterocycles. The van der Waals surface area contributed by atoms with Crippen LogP contribution in [0.15, 0.2) is 18.5 Å². The van der Waals surface area contributed by atoms with Crippen LogP contribution in [0.2, 0.25) is 0 Å². The van der Waals surface area contributed by atoms with Crippen LogP contribution in [0.3, 0.4) is 0 Å². The van der Waals surface area contributed by atoms with Crippen LogP contribution in [0.25, 0.3) is 0 Å². The smallest absolute Gasteiger partial charge is 0.255 e. The van der Waals surface area contributed by atoms with Gasteiger partial charge in [-0.3, -0.25) is 14.6 Å². The van der Waals surface area contributed by atoms with Gasteiger partial charge < -0.3 is 10.2 Å². The average Bonchev–Trinajstić information content (AvgIpc) is 2.53. The fraction of sp³-hybridized carbons (Fsp3) is 0.611. The Labute approximate surface area is 139 Å². The Morgan fingerprint density at radius 2 is 1.74 bits per heavy atom. The molecule has 5 heteroatoms. The van der Waals surface area contributed by atoms with Crippen molar-refractivity contribution < 1.29 is 9.59 Å². The van der Waals surface area contributed by atoms with E-state index in [-0.39, 0.29) is 11.8 Å². The number of hydrogen-bond acceptors (Lipinski definition) is 3. The average molecular weight is 319 g/mol. The van der Waals surface area contributed by atoms with Gasteiger partial charge in [-0.2, -0.15) is 0 Å². The summed E-state index contributed by atoms with van der Waals surface area (Å²) in [5.41, 5.74) is 0.913. The van der Waals surface area contributed by atoms with Gasteiger partial charge in [0.05, 0.1) is 11.1 Å². The Balaban J connectivity index is 2.78. The van der Waals surface area contributed by atoms with Gasteiger partial charge in [-0.05, 0) is 31.2 Å². The van der Waals surface area contributed by atoms with Gasteiger partial charge in [0.1, 0.15) is 0 Å². The van der Waals surface area contributed by atoms with E-state index in [0.717, 1.165) is 32.4 Å². The summed E-state index contributed by atoms with van der Waals surface area (Å²) in [5, 5.41) is 2.87. The molecule has 0 aliphatic rings. The van der Waals surface area contributed by atoms with Gasteiger partial charge in [-0.15, -0.1) is 0 Å². The molecule has 0 aromatic carbocycles. The van der Waals surface area contributed by atoms with Crippen LogP contribution >= 0.6 is 0 Å². The Morgan fingerprint density at radius 3 is 2.30 bits per heavy atom. The number of rotatable bonds is 9. The largest absolute Gasteiger partial charge is 0.352 e. The van der Waals surface area contributed by atoms with Crippen molar-refractivity contribution in [1.82, 2.24) is 15.2 Å². The molecule has 1 aromatic rings. The summed E-state index contributed by atoms with van der Waals surface area (Å²) in [7, 11) is 0. The second kappa shape index (κ2) is 9.98. The molecule has 0 saturated carbocycles. The lowest BCUT2D eigenvalue weighted by Gasteiger charge is -2.21. The highest BCUT2D eigenvalue weighted by molar-refractivity contribution is 5.99. The molecule has 0 aliphatic carbocycles. The lowest BCUT2D eigenvalue weighted by atomic mass is 10.1. The van der Waals surface area contributed by atoms with Crippen molar-refractivity contribution in [1.29, 1.82) is 0 Å². The summed E-state index contributed by atoms with van der Waals surface area (Å²) >= 11 is 0. The Bertz CT molecular complexity index is 509. The molecular weight excluding hydrogens is 290 g/mol. The highest BCUT2D eigenvalue weighted by Gasteiger charge is 2.16. The van der Waals surface area contributed by atoms with E-state index >= 15 is 0 Å². The van der Waals surface area contributed by atoms with Crippen molar-refractivity contribution in [3.05, 3.63) is 29.6 Å². The molecule has 0 radical (unpaired) electrons. The number of carbonyl (C=O) groups is 2. The Kier molecular flexibility index (Phi) is 8.30. The van der Waals surface area contributed by atoms with Crippen molar-refractivity contribution in [2.24, 2.45) is 5.92 Å². The number of carbonyl (C=O) groups excluding carboxylic acids is 2. The molecule has 23 heavy (non-hydrogen) atoms. The van der Waals surface area contributed by atoms with Crippen LogP contribution in [-0.4, -0.2) is 41.3 Å². The van der Waals surface area contributed by atoms with Crippen molar-refractivity contribution in [2.45, 2.75) is 47.0 Å². The molecule has 0 bridgehead atoms. The molecule has 1 aromatic heterocycles. The van der Waals surface area contributed by atoms with E-state index in [4.69, 9.17) is 0 Å². The highest BCUT2D eigenvalue weighted by atomic mass is 16.2. The SMILES string of the molecule is CCCN(CCC)C(=O)c1cncc(C(=O)NCCC(C)C)c1. The zero-order valence-corrected chi connectivity index (χ0v) is 14.8. The molecule has 0 saturated heterocycles. The van der Waals surface area contributed by atoms with E-state index in [1.165, 1.54) is 12.4 Å². The number of aromatic nitrogens is 1. The molecule has 128 valence electrons. The molecular formula is C18H29N3O2. The van der Waals surface area contributed by atoms with Gasteiger partial charge in [-0.1, -0.05) is 27.7 Å². The first-order valence-corrected chi connectivity index (χ1v) is 8.52. The Hall–Kier alpha value is -1.91. The van der Waals surface area contributed by atoms with Crippen LogP contribution in [0, 0.1) is 5.92 Å². The van der Waals surface area contributed by atoms with Gasteiger partial charge in [0.15, 0.2) is 0 Å². The topological polar surface area (TPSA) is 62.3 Å². The van der Waals surface area contributed by atoms with Gasteiger partial charge >= 0.3 is 0 Å². The monoisotopic (exact) mass is 319 g/mol. The molecule has 5 nitrogen and oxygen atoms in total. The number of nitrogens with zero attached hydrogens (tertiary/aromatic N) is 2. The molecule has 0 atom stereocenters. The van der Waals surface area contributed by atoms with Gasteiger partial charge in [0.25, 0.3) is 11.8 Å². The maximum atomic E-state index is 12.6. The highest BCUT2D eigenvalue weighted by Crippen LogP contribution is 2.08. The summed E-state index contributed by atoms with van der Waals surface area (Å²) in [6, 6.07) is 1.64. The predicted molar refractivity (Wildman–Crippen MR) is 92.5 cm³/mol. The maximum Gasteiger partial charge on any atom is 0.255 e. The summed E-state index contributed by atoms with van der Waals surface area (Å²) < 4.78 is 0. The van der Waals surface area contributed by atoms with Crippen molar-refractivity contribution in [3.63, 3.8) is 0 Å². The maximum absolute atomic E-state index is 12.6. The minimum atomic E-state index is -0.176. The summed E-state index contributed by atoms with van der Waals surface area (Å²) in [6.07, 6.45) is 5.79. The van der Waals surface area contributed by atoms with E-state index in [0.29, 0.717) is 23.6 Å². The molecule has 0 spiro atoms. The van der Waals surface area contributed by atoms with Crippen LogP contribution in [0.1, 0.15) is 67.7 Å². The van der Waals surface area contributed by atoms with Crippen LogP contribution in [0.4, 0.5) is 0 Å². The minimum Gasteiger partial charge on any atom is -0.352 e. The fourth-order valence-electron chi connectivity index (χ4n) is 2.29. The third-order valence-corrected chi connectivity index (χ3v) is 3.53. The normalized spacial score (nSPS) is 10.7. The molecule has 0 unspecified atom stereocenters. The second-order valence-corrected chi connectivity index (χ2v) is 6.19. The number of pyridine rings is 1. The van der Waals surface area contributed by atoms with Gasteiger partial charge in [0, 0.05) is 32.0 Å². The van der Waals surface area contributed by atoms with E-state index in [9.17, 15) is 9.59 Å². The third kappa shape index (κ3) is 6.38. The first kappa shape index (κ1) is 19.1. The van der Waals surface area contributed by atoms with Crippen molar-refractivity contribution >= 4 is 11.8 Å². The standard InChI is InChI=1S/C18H29N3O2/c1-5-9-21(10-6-2)18(23)16-11-15(12-19-13-16)17(22)20-8-7-14(3)4/h11-14H,5-10H2,1-4H3,(H,20,22). The first-order valence-electron chi connectivity index (χ1n) is 8.52. The lowest BCUT2D eigenvalue weighted by Crippen LogP contribution is -2.33. The van der Waals surface area contributed by atoms with Gasteiger partial charge in [0.2, 0.25) is 0 Å². The van der Waals surface area contributed by atoms with Crippen LogP contribution < -0.4 is 5.32 Å². The molecule has 1 N–H and O–H groups in total. The first-order chi connectivity index (χ1) is 11.0. The summed E-state index contributed by atoms with van der Waals surface area (Å²) in [5.74, 6) is 0.307. The predicted octanol–water partition coefficient (Wildman–Crippen LogP) is 3.12. The summed E-state index contributed by atoms with van der Waals surface area (Å²) in [4.78, 5) is 30.6. The number of amides is 2. The zero-order chi connectivity index (χ0) is 17.2. The fourth-order valence-corrected chi connectivity index (χ4v) is 2.29. The van der Waals surface area contributed by atoms with E-state index < -0.39 is 0 Å². The van der Waals surface area contributed by atoms with E-state index in [1.54, 1.807) is 6.07 Å². The molecule has 1 heterocycles. The van der Waals surface area contributed by atoms with Crippen molar-refractivity contribution in [2.75, 3.05) is 19.6 Å². The van der Waals surface area contributed by atoms with Crippen LogP contribution in [-0.2, 0) is 0 Å². The van der Waals surface area contributed by atoms with Crippen molar-refractivity contribution in [3.8, 4) is 0 Å². The van der Waals surface area contributed by atoms with Crippen LogP contribution in [0.5, 0.6) is 0 Å². The zero-order valence-electron chi connectivity index (χ0n) is 14.8. The third-order valence-electron chi connectivity index (χ3n) is 3.53. The molecule has 1 rings (SSSR count). The van der Waals surface area contributed by atoms with E-state index in [2.05, 4.69) is 24.1 Å². The van der Waals surface area contributed by atoms with Gasteiger partial charge in [-0.25, -0.2) is 0 Å². The number of hydrogen-bond donors (Lipinski definition) is 1. The second-order valence-electron chi connectivity index (χ2n) is 6.19. The lowest BCUT2D eigenvalue weighted by molar-refractivity contribution is 0.0755. The minimum absolute atomic E-state index is 0.0574. The molecule has 2 amide bonds. The summed E-state index contributed by atoms with van der Waals surface area (Å²) in [6.45, 7) is 10.4. The van der Waals surface area contributed by atoms with E-state index in [1.807, 2.05) is 18.7 Å². The Morgan fingerprint density at radius 1 is 1.13 bits per heavy atom. The molecule has 0 fully saturated rings.